The Kier molecular flexibility index (Phi) is 10.4. The van der Waals surface area contributed by atoms with Crippen LogP contribution in [0.15, 0.2) is 52.6 Å². The molecule has 6 nitrogen and oxygen atoms in total. The van der Waals surface area contributed by atoms with Gasteiger partial charge in [-0.15, -0.1) is 30.6 Å². The highest BCUT2D eigenvalue weighted by molar-refractivity contribution is 14.0. The van der Waals surface area contributed by atoms with Gasteiger partial charge in [-0.1, -0.05) is 6.08 Å². The Labute approximate surface area is 178 Å². The maximum Gasteiger partial charge on any atom is 0.191 e. The van der Waals surface area contributed by atoms with E-state index >= 15 is 0 Å². The number of furan rings is 1. The molecule has 0 bridgehead atoms. The zero-order valence-corrected chi connectivity index (χ0v) is 18.4. The number of benzene rings is 1. The second-order valence-electron chi connectivity index (χ2n) is 5.61. The fourth-order valence-corrected chi connectivity index (χ4v) is 2.60. The van der Waals surface area contributed by atoms with Crippen molar-refractivity contribution in [3.8, 4) is 11.5 Å². The Morgan fingerprint density at radius 2 is 2.07 bits per heavy atom. The zero-order valence-electron chi connectivity index (χ0n) is 16.1. The van der Waals surface area contributed by atoms with Crippen molar-refractivity contribution in [1.82, 2.24) is 10.6 Å². The molecule has 0 saturated carbocycles. The number of ether oxygens (including phenoxy) is 2. The standard InChI is InChI=1S/C20H27N3O3.HI/c1-5-8-16-11-15(12-18(24-3)19(16)25-4)13-22-20(21-6-2)23-14-17-9-7-10-26-17;/h5,7,9-12H,1,6,8,13-14H2,2-4H3,(H2,21,22,23);1H. The number of aliphatic imine (C=N–C) groups is 1. The highest BCUT2D eigenvalue weighted by Gasteiger charge is 2.11. The predicted molar refractivity (Wildman–Crippen MR) is 119 cm³/mol. The molecular formula is C20H28IN3O3. The molecule has 2 aromatic rings. The van der Waals surface area contributed by atoms with Gasteiger partial charge < -0.3 is 24.5 Å². The van der Waals surface area contributed by atoms with Crippen LogP contribution in [0.4, 0.5) is 0 Å². The van der Waals surface area contributed by atoms with Crippen LogP contribution in [0.2, 0.25) is 0 Å². The molecule has 0 unspecified atom stereocenters. The molecule has 0 saturated heterocycles. The zero-order chi connectivity index (χ0) is 18.8. The second-order valence-corrected chi connectivity index (χ2v) is 5.61. The highest BCUT2D eigenvalue weighted by atomic mass is 127. The molecule has 0 fully saturated rings. The first-order valence-corrected chi connectivity index (χ1v) is 8.61. The monoisotopic (exact) mass is 485 g/mol. The van der Waals surface area contributed by atoms with Crippen LogP contribution in [0.5, 0.6) is 11.5 Å². The smallest absolute Gasteiger partial charge is 0.191 e. The summed E-state index contributed by atoms with van der Waals surface area (Å²) in [6, 6.07) is 7.81. The van der Waals surface area contributed by atoms with Gasteiger partial charge in [-0.2, -0.15) is 0 Å². The van der Waals surface area contributed by atoms with E-state index in [0.717, 1.165) is 35.1 Å². The minimum atomic E-state index is 0. The Bertz CT molecular complexity index is 730. The van der Waals surface area contributed by atoms with E-state index in [1.165, 1.54) is 0 Å². The molecular weight excluding hydrogens is 457 g/mol. The van der Waals surface area contributed by atoms with Crippen LogP contribution in [0.3, 0.4) is 0 Å². The molecule has 1 aromatic heterocycles. The van der Waals surface area contributed by atoms with E-state index in [1.54, 1.807) is 20.5 Å². The first kappa shape index (κ1) is 22.9. The summed E-state index contributed by atoms with van der Waals surface area (Å²) in [5, 5.41) is 6.49. The summed E-state index contributed by atoms with van der Waals surface area (Å²) in [4.78, 5) is 4.65. The molecule has 0 amide bonds. The number of allylic oxidation sites excluding steroid dienone is 1. The maximum absolute atomic E-state index is 5.48. The lowest BCUT2D eigenvalue weighted by molar-refractivity contribution is 0.352. The molecule has 7 heteroatoms. The van der Waals surface area contributed by atoms with Crippen molar-refractivity contribution in [1.29, 1.82) is 0 Å². The van der Waals surface area contributed by atoms with Crippen molar-refractivity contribution in [2.45, 2.75) is 26.4 Å². The van der Waals surface area contributed by atoms with Crippen LogP contribution in [-0.4, -0.2) is 26.7 Å². The molecule has 0 aliphatic heterocycles. The summed E-state index contributed by atoms with van der Waals surface area (Å²) in [6.07, 6.45) is 4.21. The van der Waals surface area contributed by atoms with Crippen LogP contribution < -0.4 is 20.1 Å². The van der Waals surface area contributed by atoms with Gasteiger partial charge in [0.2, 0.25) is 0 Å². The minimum Gasteiger partial charge on any atom is -0.493 e. The number of rotatable bonds is 9. The minimum absolute atomic E-state index is 0. The molecule has 0 radical (unpaired) electrons. The van der Waals surface area contributed by atoms with Crippen LogP contribution >= 0.6 is 24.0 Å². The van der Waals surface area contributed by atoms with E-state index in [9.17, 15) is 0 Å². The SMILES string of the molecule is C=CCc1cc(CN=C(NCC)NCc2ccco2)cc(OC)c1OC.I. The van der Waals surface area contributed by atoms with Gasteiger partial charge in [-0.25, -0.2) is 4.99 Å². The van der Waals surface area contributed by atoms with Crippen LogP contribution in [-0.2, 0) is 19.5 Å². The summed E-state index contributed by atoms with van der Waals surface area (Å²) in [7, 11) is 3.28. The normalized spacial score (nSPS) is 10.7. The molecule has 0 aliphatic carbocycles. The number of hydrogen-bond acceptors (Lipinski definition) is 4. The third-order valence-electron chi connectivity index (χ3n) is 3.75. The molecule has 148 valence electrons. The number of hydrogen-bond donors (Lipinski definition) is 2. The molecule has 27 heavy (non-hydrogen) atoms. The average Bonchev–Trinajstić information content (AvgIpc) is 3.17. The van der Waals surface area contributed by atoms with Crippen molar-refractivity contribution in [2.75, 3.05) is 20.8 Å². The summed E-state index contributed by atoms with van der Waals surface area (Å²) in [6.45, 7) is 7.70. The number of halogens is 1. The largest absolute Gasteiger partial charge is 0.493 e. The molecule has 0 aliphatic rings. The lowest BCUT2D eigenvalue weighted by Gasteiger charge is -2.14. The molecule has 2 rings (SSSR count). The van der Waals surface area contributed by atoms with Crippen molar-refractivity contribution < 1.29 is 13.9 Å². The molecule has 1 aromatic carbocycles. The Hall–Kier alpha value is -2.16. The van der Waals surface area contributed by atoms with E-state index in [-0.39, 0.29) is 24.0 Å². The summed E-state index contributed by atoms with van der Waals surface area (Å²) in [5.41, 5.74) is 2.07. The third-order valence-corrected chi connectivity index (χ3v) is 3.75. The van der Waals surface area contributed by atoms with Gasteiger partial charge in [-0.3, -0.25) is 0 Å². The number of nitrogens with zero attached hydrogens (tertiary/aromatic N) is 1. The van der Waals surface area contributed by atoms with Gasteiger partial charge in [0.1, 0.15) is 5.76 Å². The topological polar surface area (TPSA) is 68.0 Å². The van der Waals surface area contributed by atoms with Gasteiger partial charge in [-0.05, 0) is 43.2 Å². The number of methoxy groups -OCH3 is 2. The van der Waals surface area contributed by atoms with Gasteiger partial charge >= 0.3 is 0 Å². The fourth-order valence-electron chi connectivity index (χ4n) is 2.60. The van der Waals surface area contributed by atoms with Gasteiger partial charge in [0.15, 0.2) is 17.5 Å². The molecule has 0 atom stereocenters. The Morgan fingerprint density at radius 1 is 1.26 bits per heavy atom. The van der Waals surface area contributed by atoms with Crippen molar-refractivity contribution in [3.63, 3.8) is 0 Å². The van der Waals surface area contributed by atoms with E-state index < -0.39 is 0 Å². The van der Waals surface area contributed by atoms with Gasteiger partial charge in [0, 0.05) is 12.1 Å². The summed E-state index contributed by atoms with van der Waals surface area (Å²) in [5.74, 6) is 3.02. The van der Waals surface area contributed by atoms with E-state index in [4.69, 9.17) is 13.9 Å². The van der Waals surface area contributed by atoms with Gasteiger partial charge in [0.25, 0.3) is 0 Å². The summed E-state index contributed by atoms with van der Waals surface area (Å²) < 4.78 is 16.3. The van der Waals surface area contributed by atoms with E-state index in [0.29, 0.717) is 25.3 Å². The fraction of sp³-hybridized carbons (Fsp3) is 0.350. The first-order valence-electron chi connectivity index (χ1n) is 8.61. The molecule has 2 N–H and O–H groups in total. The predicted octanol–water partition coefficient (Wildman–Crippen LogP) is 3.90. The van der Waals surface area contributed by atoms with Crippen LogP contribution in [0.1, 0.15) is 23.8 Å². The Morgan fingerprint density at radius 3 is 2.67 bits per heavy atom. The summed E-state index contributed by atoms with van der Waals surface area (Å²) >= 11 is 0. The quantitative estimate of drug-likeness (QED) is 0.244. The average molecular weight is 485 g/mol. The number of guanidine groups is 1. The van der Waals surface area contributed by atoms with E-state index in [2.05, 4.69) is 28.3 Å². The maximum atomic E-state index is 5.48. The molecule has 0 spiro atoms. The lowest BCUT2D eigenvalue weighted by atomic mass is 10.1. The second kappa shape index (κ2) is 12.3. The van der Waals surface area contributed by atoms with E-state index in [1.807, 2.05) is 31.2 Å². The third kappa shape index (κ3) is 6.82. The lowest BCUT2D eigenvalue weighted by Crippen LogP contribution is -2.36. The van der Waals surface area contributed by atoms with Crippen molar-refractivity contribution in [3.05, 3.63) is 60.1 Å². The Balaban J connectivity index is 0.00000364. The van der Waals surface area contributed by atoms with Crippen LogP contribution in [0, 0.1) is 0 Å². The van der Waals surface area contributed by atoms with Crippen molar-refractivity contribution >= 4 is 29.9 Å². The first-order chi connectivity index (χ1) is 12.7. The van der Waals surface area contributed by atoms with Gasteiger partial charge in [0.05, 0.1) is 33.6 Å². The number of nitrogens with one attached hydrogen (secondary N) is 2. The highest BCUT2D eigenvalue weighted by Crippen LogP contribution is 2.33. The molecule has 1 heterocycles. The van der Waals surface area contributed by atoms with Crippen molar-refractivity contribution in [2.24, 2.45) is 4.99 Å². The van der Waals surface area contributed by atoms with Crippen LogP contribution in [0.25, 0.3) is 0 Å².